The van der Waals surface area contributed by atoms with E-state index in [1.807, 2.05) is 48.7 Å². The number of rotatable bonds is 7. The van der Waals surface area contributed by atoms with Crippen molar-refractivity contribution in [3.63, 3.8) is 0 Å². The number of hydrogen-bond acceptors (Lipinski definition) is 7. The van der Waals surface area contributed by atoms with Gasteiger partial charge < -0.3 is 15.0 Å². The Morgan fingerprint density at radius 1 is 1.06 bits per heavy atom. The number of carbonyl (C=O) groups excluding carboxylic acids is 1. The van der Waals surface area contributed by atoms with Gasteiger partial charge in [-0.15, -0.1) is 11.8 Å². The molecule has 2 aliphatic rings. The number of benzene rings is 2. The number of aromatic nitrogens is 2. The molecule has 7 nitrogen and oxygen atoms in total. The molecule has 0 bridgehead atoms. The topological polar surface area (TPSA) is 70.6 Å². The number of piperazine rings is 1. The largest absolute Gasteiger partial charge is 0.494 e. The first-order valence-corrected chi connectivity index (χ1v) is 12.1. The van der Waals surface area contributed by atoms with Crippen LogP contribution in [0.3, 0.4) is 0 Å². The van der Waals surface area contributed by atoms with Crippen LogP contribution in [0.15, 0.2) is 53.6 Å². The molecule has 3 heterocycles. The van der Waals surface area contributed by atoms with E-state index >= 15 is 0 Å². The average Bonchev–Trinajstić information content (AvgIpc) is 2.83. The van der Waals surface area contributed by atoms with E-state index in [0.29, 0.717) is 12.4 Å². The van der Waals surface area contributed by atoms with Gasteiger partial charge in [-0.2, -0.15) is 0 Å². The molecule has 3 aromatic rings. The van der Waals surface area contributed by atoms with Gasteiger partial charge in [0.2, 0.25) is 5.91 Å². The summed E-state index contributed by atoms with van der Waals surface area (Å²) in [7, 11) is 0. The lowest BCUT2D eigenvalue weighted by Crippen LogP contribution is -2.46. The molecule has 1 saturated heterocycles. The van der Waals surface area contributed by atoms with E-state index < -0.39 is 0 Å². The maximum Gasteiger partial charge on any atom is 0.234 e. The third-order valence-electron chi connectivity index (χ3n) is 5.84. The first-order valence-electron chi connectivity index (χ1n) is 11.1. The van der Waals surface area contributed by atoms with Gasteiger partial charge in [-0.05, 0) is 30.7 Å². The van der Waals surface area contributed by atoms with E-state index in [4.69, 9.17) is 9.72 Å². The van der Waals surface area contributed by atoms with Crippen molar-refractivity contribution in [2.75, 3.05) is 50.4 Å². The van der Waals surface area contributed by atoms with Gasteiger partial charge in [-0.3, -0.25) is 9.69 Å². The molecule has 0 atom stereocenters. The monoisotopic (exact) mass is 449 g/mol. The molecule has 2 aromatic carbocycles. The fourth-order valence-corrected chi connectivity index (χ4v) is 4.91. The molecule has 0 spiro atoms. The summed E-state index contributed by atoms with van der Waals surface area (Å²) in [6.07, 6.45) is 2.92. The fraction of sp³-hybridized carbons (Fsp3) is 0.375. The molecule has 0 saturated carbocycles. The summed E-state index contributed by atoms with van der Waals surface area (Å²) in [5.74, 6) is 2.29. The van der Waals surface area contributed by atoms with Crippen LogP contribution in [-0.2, 0) is 11.3 Å². The third kappa shape index (κ3) is 5.20. The zero-order valence-corrected chi connectivity index (χ0v) is 18.8. The molecule has 1 amide bonds. The molecule has 1 aromatic heterocycles. The van der Waals surface area contributed by atoms with Gasteiger partial charge in [0.15, 0.2) is 0 Å². The second-order valence-electron chi connectivity index (χ2n) is 8.16. The number of amides is 1. The molecule has 0 radical (unpaired) electrons. The van der Waals surface area contributed by atoms with E-state index in [1.54, 1.807) is 11.8 Å². The number of anilines is 1. The van der Waals surface area contributed by atoms with Gasteiger partial charge in [-0.1, -0.05) is 18.2 Å². The van der Waals surface area contributed by atoms with Crippen LogP contribution in [0.2, 0.25) is 0 Å². The SMILES string of the molecule is O=C1CSc2cc(OCCCN3CCN(Cc4ncc5ccccc5n4)CC3)ccc2N1. The predicted molar refractivity (Wildman–Crippen MR) is 127 cm³/mol. The van der Waals surface area contributed by atoms with Gasteiger partial charge in [0.05, 0.1) is 30.1 Å². The average molecular weight is 450 g/mol. The Morgan fingerprint density at radius 3 is 2.81 bits per heavy atom. The van der Waals surface area contributed by atoms with Crippen LogP contribution in [0.4, 0.5) is 5.69 Å². The Morgan fingerprint density at radius 2 is 1.91 bits per heavy atom. The van der Waals surface area contributed by atoms with E-state index in [2.05, 4.69) is 20.1 Å². The summed E-state index contributed by atoms with van der Waals surface area (Å²) >= 11 is 1.56. The van der Waals surface area contributed by atoms with Crippen LogP contribution in [0.25, 0.3) is 10.9 Å². The number of nitrogens with one attached hydrogen (secondary N) is 1. The number of ether oxygens (including phenoxy) is 1. The minimum Gasteiger partial charge on any atom is -0.494 e. The molecule has 0 unspecified atom stereocenters. The van der Waals surface area contributed by atoms with Gasteiger partial charge in [-0.25, -0.2) is 9.97 Å². The summed E-state index contributed by atoms with van der Waals surface area (Å²) in [6, 6.07) is 14.0. The van der Waals surface area contributed by atoms with Gasteiger partial charge in [0.1, 0.15) is 11.6 Å². The van der Waals surface area contributed by atoms with Crippen molar-refractivity contribution in [3.8, 4) is 5.75 Å². The molecular formula is C24H27N5O2S. The Hall–Kier alpha value is -2.68. The van der Waals surface area contributed by atoms with Gasteiger partial charge >= 0.3 is 0 Å². The molecule has 32 heavy (non-hydrogen) atoms. The lowest BCUT2D eigenvalue weighted by Gasteiger charge is -2.34. The summed E-state index contributed by atoms with van der Waals surface area (Å²) in [4.78, 5) is 26.7. The molecule has 5 rings (SSSR count). The van der Waals surface area contributed by atoms with Crippen molar-refractivity contribution in [2.24, 2.45) is 0 Å². The number of nitrogens with zero attached hydrogens (tertiary/aromatic N) is 4. The smallest absolute Gasteiger partial charge is 0.234 e. The van der Waals surface area contributed by atoms with Crippen molar-refractivity contribution in [1.29, 1.82) is 0 Å². The molecule has 1 N–H and O–H groups in total. The van der Waals surface area contributed by atoms with Gasteiger partial charge in [0.25, 0.3) is 0 Å². The second-order valence-corrected chi connectivity index (χ2v) is 9.18. The zero-order valence-electron chi connectivity index (χ0n) is 18.0. The number of fused-ring (bicyclic) bond motifs is 2. The number of thioether (sulfide) groups is 1. The Balaban J connectivity index is 1.03. The minimum absolute atomic E-state index is 0.0565. The second kappa shape index (κ2) is 9.85. The van der Waals surface area contributed by atoms with Crippen molar-refractivity contribution in [3.05, 3.63) is 54.5 Å². The summed E-state index contributed by atoms with van der Waals surface area (Å²) in [5.41, 5.74) is 1.89. The normalized spacial score (nSPS) is 17.2. The highest BCUT2D eigenvalue weighted by Crippen LogP contribution is 2.34. The van der Waals surface area contributed by atoms with Crippen molar-refractivity contribution in [1.82, 2.24) is 19.8 Å². The van der Waals surface area contributed by atoms with Crippen LogP contribution in [0, 0.1) is 0 Å². The summed E-state index contributed by atoms with van der Waals surface area (Å²) in [5, 5.41) is 3.98. The molecule has 1 fully saturated rings. The van der Waals surface area contributed by atoms with E-state index in [9.17, 15) is 4.79 Å². The molecule has 166 valence electrons. The molecule has 0 aliphatic carbocycles. The van der Waals surface area contributed by atoms with Crippen LogP contribution in [0.1, 0.15) is 12.2 Å². The minimum atomic E-state index is 0.0565. The first-order chi connectivity index (χ1) is 15.7. The maximum absolute atomic E-state index is 11.5. The van der Waals surface area contributed by atoms with Crippen molar-refractivity contribution in [2.45, 2.75) is 17.9 Å². The van der Waals surface area contributed by atoms with Gasteiger partial charge in [0, 0.05) is 49.2 Å². The summed E-state index contributed by atoms with van der Waals surface area (Å²) < 4.78 is 5.95. The van der Waals surface area contributed by atoms with Crippen LogP contribution in [0.5, 0.6) is 5.75 Å². The maximum atomic E-state index is 11.5. The predicted octanol–water partition coefficient (Wildman–Crippen LogP) is 3.26. The van der Waals surface area contributed by atoms with Crippen LogP contribution in [-0.4, -0.2) is 70.8 Å². The van der Waals surface area contributed by atoms with E-state index in [1.165, 1.54) is 0 Å². The number of hydrogen-bond donors (Lipinski definition) is 1. The molecule has 2 aliphatic heterocycles. The molecule has 8 heteroatoms. The van der Waals surface area contributed by atoms with Crippen LogP contribution < -0.4 is 10.1 Å². The van der Waals surface area contributed by atoms with Crippen LogP contribution >= 0.6 is 11.8 Å². The highest BCUT2D eigenvalue weighted by atomic mass is 32.2. The molecular weight excluding hydrogens is 422 g/mol. The lowest BCUT2D eigenvalue weighted by molar-refractivity contribution is -0.113. The number of para-hydroxylation sites is 1. The number of carbonyl (C=O) groups is 1. The fourth-order valence-electron chi connectivity index (χ4n) is 4.08. The highest BCUT2D eigenvalue weighted by molar-refractivity contribution is 8.00. The summed E-state index contributed by atoms with van der Waals surface area (Å²) in [6.45, 7) is 6.72. The first kappa shape index (κ1) is 21.2. The van der Waals surface area contributed by atoms with Crippen molar-refractivity contribution >= 4 is 34.3 Å². The van der Waals surface area contributed by atoms with E-state index in [-0.39, 0.29) is 5.91 Å². The third-order valence-corrected chi connectivity index (χ3v) is 6.90. The van der Waals surface area contributed by atoms with Crippen molar-refractivity contribution < 1.29 is 9.53 Å². The standard InChI is InChI=1S/C24H27N5O2S/c30-24-17-32-22-14-19(6-7-21(22)27-24)31-13-3-8-28-9-11-29(12-10-28)16-23-25-15-18-4-1-2-5-20(18)26-23/h1-2,4-7,14-15H,3,8-13,16-17H2,(H,27,30). The quantitative estimate of drug-likeness (QED) is 0.555. The van der Waals surface area contributed by atoms with E-state index in [0.717, 1.165) is 78.7 Å². The Kier molecular flexibility index (Phi) is 6.52. The highest BCUT2D eigenvalue weighted by Gasteiger charge is 2.18. The Labute approximate surface area is 192 Å². The lowest BCUT2D eigenvalue weighted by atomic mass is 10.2. The Bertz CT molecular complexity index is 1100. The zero-order chi connectivity index (χ0) is 21.8.